The molecule has 3 fully saturated rings. The molecule has 4 aromatic carbocycles. The molecule has 4 aromatic rings. The quantitative estimate of drug-likeness (QED) is 0.150. The summed E-state index contributed by atoms with van der Waals surface area (Å²) in [6.07, 6.45) is 2.16. The fourth-order valence-electron chi connectivity index (χ4n) is 8.81. The number of halogens is 4. The van der Waals surface area contributed by atoms with E-state index in [0.29, 0.717) is 37.6 Å². The highest BCUT2D eigenvalue weighted by molar-refractivity contribution is 9.10. The molecule has 9 nitrogen and oxygen atoms in total. The number of allylic oxidation sites excluding steroid dienone is 2. The van der Waals surface area contributed by atoms with Crippen molar-refractivity contribution in [3.8, 4) is 11.5 Å². The van der Waals surface area contributed by atoms with Crippen molar-refractivity contribution in [1.82, 2.24) is 5.01 Å². The number of nitrogens with zero attached hydrogens (tertiary/aromatic N) is 2. The van der Waals surface area contributed by atoms with Gasteiger partial charge < -0.3 is 9.84 Å². The first kappa shape index (κ1) is 34.6. The number of ether oxygens (including phenoxy) is 1. The molecule has 6 atom stereocenters. The van der Waals surface area contributed by atoms with Gasteiger partial charge in [0.25, 0.3) is 11.8 Å². The summed E-state index contributed by atoms with van der Waals surface area (Å²) in [4.78, 5) is 59.8. The van der Waals surface area contributed by atoms with Gasteiger partial charge in [-0.3, -0.25) is 29.5 Å². The third-order valence-electron chi connectivity index (χ3n) is 10.9. The van der Waals surface area contributed by atoms with Crippen LogP contribution in [0.5, 0.6) is 11.5 Å². The van der Waals surface area contributed by atoms with Gasteiger partial charge in [0.05, 0.1) is 41.7 Å². The second-order valence-electron chi connectivity index (χ2n) is 13.4. The lowest BCUT2D eigenvalue weighted by Crippen LogP contribution is -2.53. The van der Waals surface area contributed by atoms with E-state index in [1.165, 1.54) is 36.3 Å². The molecule has 4 aliphatic rings. The van der Waals surface area contributed by atoms with Crippen molar-refractivity contribution < 1.29 is 33.4 Å². The van der Waals surface area contributed by atoms with E-state index in [9.17, 15) is 23.9 Å². The second kappa shape index (κ2) is 12.9. The van der Waals surface area contributed by atoms with Gasteiger partial charge in [-0.25, -0.2) is 4.39 Å². The Labute approximate surface area is 319 Å². The summed E-state index contributed by atoms with van der Waals surface area (Å²) >= 11 is 13.3. The molecule has 264 valence electrons. The smallest absolute Gasteiger partial charge is 0.260 e. The number of hydrogen-bond donors (Lipinski definition) is 2. The van der Waals surface area contributed by atoms with Gasteiger partial charge in [0.2, 0.25) is 11.8 Å². The molecule has 52 heavy (non-hydrogen) atoms. The first-order chi connectivity index (χ1) is 24.9. The van der Waals surface area contributed by atoms with Gasteiger partial charge in [-0.1, -0.05) is 67.2 Å². The molecule has 2 saturated heterocycles. The fraction of sp³-hybridized carbons (Fsp3) is 0.231. The summed E-state index contributed by atoms with van der Waals surface area (Å²) in [7, 11) is 1.41. The Kier molecular flexibility index (Phi) is 8.54. The lowest BCUT2D eigenvalue weighted by Gasteiger charge is -2.50. The number of hydrogen-bond acceptors (Lipinski definition) is 7. The lowest BCUT2D eigenvalue weighted by atomic mass is 9.49. The van der Waals surface area contributed by atoms with Crippen molar-refractivity contribution >= 4 is 78.5 Å². The van der Waals surface area contributed by atoms with Crippen LogP contribution in [0.4, 0.5) is 15.8 Å². The summed E-state index contributed by atoms with van der Waals surface area (Å²) in [5.74, 6) is -6.76. The van der Waals surface area contributed by atoms with Gasteiger partial charge in [0.15, 0.2) is 11.5 Å². The molecule has 1 saturated carbocycles. The van der Waals surface area contributed by atoms with Crippen LogP contribution in [-0.2, 0) is 24.6 Å². The van der Waals surface area contributed by atoms with Crippen LogP contribution < -0.4 is 15.1 Å². The molecule has 2 aliphatic heterocycles. The van der Waals surface area contributed by atoms with E-state index < -0.39 is 52.6 Å². The molecule has 13 heteroatoms. The number of nitrogens with one attached hydrogen (secondary N) is 1. The minimum atomic E-state index is -1.66. The maximum atomic E-state index is 15.3. The predicted octanol–water partition coefficient (Wildman–Crippen LogP) is 7.91. The van der Waals surface area contributed by atoms with Crippen molar-refractivity contribution in [2.45, 2.75) is 24.2 Å². The number of hydrazine groups is 1. The average molecular weight is 850 g/mol. The SMILES string of the molecule is COc1cc(Br)cc([C@H]2C3=CC[C@@H]4C(=O)N(c5ccc(Br)cc5)C(=O)[C@@H]4[C@@H]3C[C@H]3C(=O)N(Nc4ccc(F)cc4)C(=O)[C@@]23c2ccc(Cl)cc2)c1O. The van der Waals surface area contributed by atoms with Crippen molar-refractivity contribution in [2.75, 3.05) is 17.4 Å². The third-order valence-corrected chi connectivity index (χ3v) is 12.2. The van der Waals surface area contributed by atoms with E-state index in [0.717, 1.165) is 9.48 Å². The van der Waals surface area contributed by atoms with Crippen molar-refractivity contribution in [1.29, 1.82) is 0 Å². The number of anilines is 2. The van der Waals surface area contributed by atoms with Gasteiger partial charge in [-0.05, 0) is 97.1 Å². The normalized spacial score (nSPS) is 26.6. The van der Waals surface area contributed by atoms with Gasteiger partial charge in [-0.2, -0.15) is 5.01 Å². The van der Waals surface area contributed by atoms with Crippen LogP contribution in [0.2, 0.25) is 5.02 Å². The first-order valence-electron chi connectivity index (χ1n) is 16.5. The van der Waals surface area contributed by atoms with Crippen molar-refractivity contribution in [2.24, 2.45) is 23.7 Å². The number of carbonyl (C=O) groups is 4. The maximum Gasteiger partial charge on any atom is 0.260 e. The number of phenolic OH excluding ortho intramolecular Hbond substituents is 1. The fourth-order valence-corrected chi connectivity index (χ4v) is 9.66. The summed E-state index contributed by atoms with van der Waals surface area (Å²) in [6, 6.07) is 22.1. The molecular formula is C39H29Br2ClFN3O6. The average Bonchev–Trinajstić information content (AvgIpc) is 3.51. The molecule has 0 aromatic heterocycles. The molecule has 2 N–H and O–H groups in total. The predicted molar refractivity (Wildman–Crippen MR) is 198 cm³/mol. The number of phenols is 1. The van der Waals surface area contributed by atoms with Crippen LogP contribution in [0, 0.1) is 29.5 Å². The summed E-state index contributed by atoms with van der Waals surface area (Å²) in [6.45, 7) is 0. The molecule has 0 spiro atoms. The molecule has 8 rings (SSSR count). The minimum absolute atomic E-state index is 0.0530. The molecule has 4 amide bonds. The van der Waals surface area contributed by atoms with Gasteiger partial charge >= 0.3 is 0 Å². The number of carbonyl (C=O) groups excluding carboxylic acids is 4. The molecule has 0 radical (unpaired) electrons. The summed E-state index contributed by atoms with van der Waals surface area (Å²) in [5.41, 5.74) is 3.42. The number of methoxy groups -OCH3 is 1. The highest BCUT2D eigenvalue weighted by atomic mass is 79.9. The Bertz CT molecular complexity index is 2200. The van der Waals surface area contributed by atoms with E-state index in [-0.39, 0.29) is 36.2 Å². The highest BCUT2D eigenvalue weighted by Gasteiger charge is 2.70. The summed E-state index contributed by atoms with van der Waals surface area (Å²) in [5, 5.41) is 13.2. The van der Waals surface area contributed by atoms with Crippen molar-refractivity contribution in [3.63, 3.8) is 0 Å². The number of fused-ring (bicyclic) bond motifs is 4. The summed E-state index contributed by atoms with van der Waals surface area (Å²) < 4.78 is 20.8. The zero-order chi connectivity index (χ0) is 36.6. The Balaban J connectivity index is 1.35. The van der Waals surface area contributed by atoms with E-state index >= 15 is 4.79 Å². The highest BCUT2D eigenvalue weighted by Crippen LogP contribution is 2.65. The third kappa shape index (κ3) is 5.13. The van der Waals surface area contributed by atoms with Crippen LogP contribution in [-0.4, -0.2) is 40.9 Å². The Morgan fingerprint density at radius 3 is 2.25 bits per heavy atom. The second-order valence-corrected chi connectivity index (χ2v) is 15.7. The number of rotatable bonds is 6. The molecule has 2 heterocycles. The van der Waals surface area contributed by atoms with Gasteiger partial charge in [0, 0.05) is 25.4 Å². The number of amides is 4. The molecule has 0 bridgehead atoms. The van der Waals surface area contributed by atoms with Crippen molar-refractivity contribution in [3.05, 3.63) is 127 Å². The Morgan fingerprint density at radius 2 is 1.58 bits per heavy atom. The maximum absolute atomic E-state index is 15.3. The molecule has 0 unspecified atom stereocenters. The lowest BCUT2D eigenvalue weighted by molar-refractivity contribution is -0.138. The first-order valence-corrected chi connectivity index (χ1v) is 18.5. The Morgan fingerprint density at radius 1 is 0.885 bits per heavy atom. The zero-order valence-electron chi connectivity index (χ0n) is 27.4. The standard InChI is InChI=1S/C39H29Br2ClFN3O6/c1-52-31-17-21(41)16-29(34(31)47)33-26-14-15-27-32(37(50)45(35(27)48)25-12-4-20(40)5-13-25)28(26)18-30-36(49)46(44-24-10-8-23(43)9-11-24)38(51)39(30,33)19-2-6-22(42)7-3-19/h2-14,16-17,27-28,30,32-33,44,47H,15,18H2,1H3/t27-,28+,30-,32-,33+,39+/m0/s1. The van der Waals surface area contributed by atoms with Gasteiger partial charge in [-0.15, -0.1) is 0 Å². The van der Waals surface area contributed by atoms with E-state index in [1.807, 2.05) is 6.08 Å². The molecular weight excluding hydrogens is 821 g/mol. The number of benzene rings is 4. The minimum Gasteiger partial charge on any atom is -0.504 e. The topological polar surface area (TPSA) is 116 Å². The number of aromatic hydroxyl groups is 1. The van der Waals surface area contributed by atoms with E-state index in [2.05, 4.69) is 37.3 Å². The van der Waals surface area contributed by atoms with Crippen LogP contribution in [0.3, 0.4) is 0 Å². The van der Waals surface area contributed by atoms with Gasteiger partial charge in [0.1, 0.15) is 5.82 Å². The van der Waals surface area contributed by atoms with Crippen LogP contribution >= 0.6 is 43.5 Å². The van der Waals surface area contributed by atoms with E-state index in [4.69, 9.17) is 16.3 Å². The zero-order valence-corrected chi connectivity index (χ0v) is 31.3. The van der Waals surface area contributed by atoms with E-state index in [1.54, 1.807) is 60.7 Å². The monoisotopic (exact) mass is 847 g/mol. The van der Waals surface area contributed by atoms with Crippen LogP contribution in [0.15, 0.2) is 106 Å². The largest absolute Gasteiger partial charge is 0.504 e. The Hall–Kier alpha value is -4.52. The molecule has 2 aliphatic carbocycles. The van der Waals surface area contributed by atoms with Crippen LogP contribution in [0.25, 0.3) is 0 Å². The van der Waals surface area contributed by atoms with Crippen LogP contribution in [0.1, 0.15) is 29.9 Å². The number of imide groups is 2.